The van der Waals surface area contributed by atoms with Gasteiger partial charge in [-0.05, 0) is 56.3 Å². The Kier molecular flexibility index (Phi) is 5.92. The fourth-order valence-electron chi connectivity index (χ4n) is 2.54. The topological polar surface area (TPSA) is 113 Å². The first kappa shape index (κ1) is 21.1. The summed E-state index contributed by atoms with van der Waals surface area (Å²) < 4.78 is 53.8. The lowest BCUT2D eigenvalue weighted by molar-refractivity contribution is 0.262. The molecule has 0 spiro atoms. The molecule has 0 radical (unpaired) electrons. The number of urea groups is 1. The van der Waals surface area contributed by atoms with Crippen molar-refractivity contribution in [1.82, 2.24) is 9.97 Å². The van der Waals surface area contributed by atoms with Gasteiger partial charge in [-0.15, -0.1) is 0 Å². The number of rotatable bonds is 5. The number of hydrogen-bond donors (Lipinski definition) is 3. The van der Waals surface area contributed by atoms with Crippen molar-refractivity contribution in [2.24, 2.45) is 0 Å². The molecule has 156 valence electrons. The standard InChI is InChI=1S/C19H17F2N5O3S/c1-11-9-12(2)23-18(22-11)26-30(28,29)15-6-4-14(5-7-15)24-19(27)25-17-8-3-13(20)10-16(17)21/h3-10H,1-2H3,(H,22,23,26)(H2,24,25,27). The third kappa shape index (κ3) is 5.26. The molecule has 3 aromatic rings. The summed E-state index contributed by atoms with van der Waals surface area (Å²) in [6.45, 7) is 3.44. The van der Waals surface area contributed by atoms with Crippen LogP contribution in [0.25, 0.3) is 0 Å². The van der Waals surface area contributed by atoms with Gasteiger partial charge in [0.2, 0.25) is 5.95 Å². The highest BCUT2D eigenvalue weighted by atomic mass is 32.2. The number of halogens is 2. The maximum absolute atomic E-state index is 13.6. The quantitative estimate of drug-likeness (QED) is 0.566. The second-order valence-electron chi connectivity index (χ2n) is 6.31. The fourth-order valence-corrected chi connectivity index (χ4v) is 3.49. The molecule has 0 aliphatic rings. The van der Waals surface area contributed by atoms with Crippen LogP contribution in [-0.2, 0) is 10.0 Å². The summed E-state index contributed by atoms with van der Waals surface area (Å²) in [5, 5.41) is 4.66. The Hall–Kier alpha value is -3.60. The van der Waals surface area contributed by atoms with Crippen molar-refractivity contribution in [3.05, 3.63) is 71.6 Å². The largest absolute Gasteiger partial charge is 0.323 e. The zero-order valence-corrected chi connectivity index (χ0v) is 16.7. The van der Waals surface area contributed by atoms with Crippen LogP contribution < -0.4 is 15.4 Å². The molecule has 11 heteroatoms. The highest BCUT2D eigenvalue weighted by Crippen LogP contribution is 2.18. The van der Waals surface area contributed by atoms with Gasteiger partial charge in [-0.3, -0.25) is 0 Å². The Bertz CT molecular complexity index is 1180. The number of carbonyl (C=O) groups excluding carboxylic acids is 1. The molecule has 0 bridgehead atoms. The average molecular weight is 433 g/mol. The van der Waals surface area contributed by atoms with Gasteiger partial charge in [-0.2, -0.15) is 0 Å². The molecule has 1 aromatic heterocycles. The van der Waals surface area contributed by atoms with E-state index in [0.29, 0.717) is 17.5 Å². The van der Waals surface area contributed by atoms with Gasteiger partial charge in [-0.25, -0.2) is 36.7 Å². The van der Waals surface area contributed by atoms with Crippen LogP contribution in [0.5, 0.6) is 0 Å². The number of hydrogen-bond acceptors (Lipinski definition) is 5. The predicted octanol–water partition coefficient (Wildman–Crippen LogP) is 3.82. The Labute approximate surface area is 171 Å². The van der Waals surface area contributed by atoms with E-state index in [1.807, 2.05) is 0 Å². The molecular weight excluding hydrogens is 416 g/mol. The van der Waals surface area contributed by atoms with Crippen LogP contribution in [0.1, 0.15) is 11.4 Å². The number of amides is 2. The van der Waals surface area contributed by atoms with Gasteiger partial charge in [-0.1, -0.05) is 0 Å². The van der Waals surface area contributed by atoms with Crippen LogP contribution in [0.3, 0.4) is 0 Å². The van der Waals surface area contributed by atoms with E-state index in [9.17, 15) is 22.0 Å². The van der Waals surface area contributed by atoms with Crippen molar-refractivity contribution in [1.29, 1.82) is 0 Å². The van der Waals surface area contributed by atoms with E-state index in [4.69, 9.17) is 0 Å². The zero-order valence-electron chi connectivity index (χ0n) is 15.9. The molecule has 3 N–H and O–H groups in total. The number of carbonyl (C=O) groups is 1. The molecule has 0 fully saturated rings. The van der Waals surface area contributed by atoms with E-state index < -0.39 is 27.7 Å². The normalized spacial score (nSPS) is 11.1. The van der Waals surface area contributed by atoms with Crippen molar-refractivity contribution in [2.45, 2.75) is 18.7 Å². The summed E-state index contributed by atoms with van der Waals surface area (Å²) in [7, 11) is -3.94. The molecule has 0 atom stereocenters. The van der Waals surface area contributed by atoms with Crippen molar-refractivity contribution in [3.63, 3.8) is 0 Å². The van der Waals surface area contributed by atoms with E-state index >= 15 is 0 Å². The molecule has 2 amide bonds. The summed E-state index contributed by atoms with van der Waals surface area (Å²) in [5.74, 6) is -1.74. The zero-order chi connectivity index (χ0) is 21.9. The fraction of sp³-hybridized carbons (Fsp3) is 0.105. The Morgan fingerprint density at radius 2 is 1.53 bits per heavy atom. The maximum Gasteiger partial charge on any atom is 0.323 e. The van der Waals surface area contributed by atoms with E-state index in [1.165, 1.54) is 24.3 Å². The first-order chi connectivity index (χ1) is 14.1. The van der Waals surface area contributed by atoms with Gasteiger partial charge in [0.1, 0.15) is 11.6 Å². The van der Waals surface area contributed by atoms with Crippen molar-refractivity contribution < 1.29 is 22.0 Å². The first-order valence-corrected chi connectivity index (χ1v) is 10.1. The summed E-state index contributed by atoms with van der Waals surface area (Å²) in [4.78, 5) is 20.0. The number of benzene rings is 2. The van der Waals surface area contributed by atoms with Crippen molar-refractivity contribution in [3.8, 4) is 0 Å². The third-order valence-corrected chi connectivity index (χ3v) is 5.15. The van der Waals surface area contributed by atoms with E-state index in [0.717, 1.165) is 12.1 Å². The van der Waals surface area contributed by atoms with Gasteiger partial charge in [0, 0.05) is 23.1 Å². The monoisotopic (exact) mass is 433 g/mol. The Balaban J connectivity index is 1.68. The molecule has 0 aliphatic carbocycles. The molecule has 0 aliphatic heterocycles. The van der Waals surface area contributed by atoms with Crippen LogP contribution >= 0.6 is 0 Å². The van der Waals surface area contributed by atoms with Crippen molar-refractivity contribution >= 4 is 33.4 Å². The van der Waals surface area contributed by atoms with E-state index in [2.05, 4.69) is 25.3 Å². The Morgan fingerprint density at radius 3 is 2.13 bits per heavy atom. The second kappa shape index (κ2) is 8.41. The van der Waals surface area contributed by atoms with Crippen LogP contribution in [0.15, 0.2) is 53.4 Å². The van der Waals surface area contributed by atoms with Crippen LogP contribution in [0.2, 0.25) is 0 Å². The molecule has 30 heavy (non-hydrogen) atoms. The lowest BCUT2D eigenvalue weighted by atomic mass is 10.3. The number of aryl methyl sites for hydroxylation is 2. The van der Waals surface area contributed by atoms with E-state index in [-0.39, 0.29) is 22.2 Å². The van der Waals surface area contributed by atoms with Crippen LogP contribution in [-0.4, -0.2) is 24.4 Å². The lowest BCUT2D eigenvalue weighted by Crippen LogP contribution is -2.20. The number of aromatic nitrogens is 2. The highest BCUT2D eigenvalue weighted by molar-refractivity contribution is 7.92. The maximum atomic E-state index is 13.6. The molecular formula is C19H17F2N5O3S. The third-order valence-electron chi connectivity index (χ3n) is 3.81. The van der Waals surface area contributed by atoms with Gasteiger partial charge in [0.05, 0.1) is 10.6 Å². The average Bonchev–Trinajstić information content (AvgIpc) is 2.63. The summed E-state index contributed by atoms with van der Waals surface area (Å²) in [6, 6.07) is 8.93. The lowest BCUT2D eigenvalue weighted by Gasteiger charge is -2.10. The highest BCUT2D eigenvalue weighted by Gasteiger charge is 2.16. The first-order valence-electron chi connectivity index (χ1n) is 8.60. The van der Waals surface area contributed by atoms with Crippen LogP contribution in [0.4, 0.5) is 30.9 Å². The molecule has 2 aromatic carbocycles. The molecule has 3 rings (SSSR count). The summed E-state index contributed by atoms with van der Waals surface area (Å²) in [5.41, 5.74) is 1.29. The molecule has 0 saturated carbocycles. The smallest absolute Gasteiger partial charge is 0.308 e. The number of anilines is 3. The molecule has 0 saturated heterocycles. The van der Waals surface area contributed by atoms with Gasteiger partial charge in [0.15, 0.2) is 0 Å². The Morgan fingerprint density at radius 1 is 0.900 bits per heavy atom. The van der Waals surface area contributed by atoms with Crippen molar-refractivity contribution in [2.75, 3.05) is 15.4 Å². The molecule has 8 nitrogen and oxygen atoms in total. The van der Waals surface area contributed by atoms with Gasteiger partial charge >= 0.3 is 6.03 Å². The number of sulfonamides is 1. The molecule has 1 heterocycles. The minimum absolute atomic E-state index is 0.0459. The summed E-state index contributed by atoms with van der Waals surface area (Å²) >= 11 is 0. The number of nitrogens with one attached hydrogen (secondary N) is 3. The van der Waals surface area contributed by atoms with Crippen LogP contribution in [0, 0.1) is 25.5 Å². The predicted molar refractivity (Wildman–Crippen MR) is 108 cm³/mol. The minimum atomic E-state index is -3.94. The van der Waals surface area contributed by atoms with E-state index in [1.54, 1.807) is 19.9 Å². The minimum Gasteiger partial charge on any atom is -0.308 e. The molecule has 0 unspecified atom stereocenters. The van der Waals surface area contributed by atoms with Gasteiger partial charge < -0.3 is 10.6 Å². The summed E-state index contributed by atoms with van der Waals surface area (Å²) in [6.07, 6.45) is 0. The second-order valence-corrected chi connectivity index (χ2v) is 7.99. The number of nitrogens with zero attached hydrogens (tertiary/aromatic N) is 2. The van der Waals surface area contributed by atoms with Gasteiger partial charge in [0.25, 0.3) is 10.0 Å². The SMILES string of the molecule is Cc1cc(C)nc(NS(=O)(=O)c2ccc(NC(=O)Nc3ccc(F)cc3F)cc2)n1.